The maximum absolute atomic E-state index is 13.1. The molecule has 26 heavy (non-hydrogen) atoms. The van der Waals surface area contributed by atoms with E-state index in [0.29, 0.717) is 10.7 Å². The normalized spacial score (nSPS) is 11.8. The van der Waals surface area contributed by atoms with Crippen LogP contribution in [0.5, 0.6) is 0 Å². The number of carbonyl (C=O) groups excluding carboxylic acids is 1. The third kappa shape index (κ3) is 4.40. The van der Waals surface area contributed by atoms with Gasteiger partial charge in [0.25, 0.3) is 0 Å². The minimum Gasteiger partial charge on any atom is -0.399 e. The summed E-state index contributed by atoms with van der Waals surface area (Å²) >= 11 is 7.64. The monoisotopic (exact) mass is 382 g/mol. The molecule has 3 aromatic carbocycles. The van der Waals surface area contributed by atoms with Crippen LogP contribution < -0.4 is 11.1 Å². The first kappa shape index (κ1) is 18.4. The maximum Gasteiger partial charge on any atom is 0.242 e. The molecule has 0 fully saturated rings. The molecule has 5 heteroatoms. The highest BCUT2D eigenvalue weighted by atomic mass is 35.5. The number of nitrogens with one attached hydrogen (secondary N) is 1. The van der Waals surface area contributed by atoms with Gasteiger partial charge in [0.15, 0.2) is 0 Å². The number of amides is 1. The first-order chi connectivity index (χ1) is 12.5. The van der Waals surface area contributed by atoms with Crippen molar-refractivity contribution in [2.45, 2.75) is 17.1 Å². The van der Waals surface area contributed by atoms with E-state index in [1.807, 2.05) is 79.7 Å². The van der Waals surface area contributed by atoms with Crippen LogP contribution in [-0.2, 0) is 4.79 Å². The second-order valence-corrected chi connectivity index (χ2v) is 7.47. The lowest BCUT2D eigenvalue weighted by Gasteiger charge is -2.18. The summed E-state index contributed by atoms with van der Waals surface area (Å²) in [6.07, 6.45) is 0. The molecule has 3 aromatic rings. The fourth-order valence-corrected chi connectivity index (χ4v) is 3.83. The van der Waals surface area contributed by atoms with Gasteiger partial charge in [-0.3, -0.25) is 4.79 Å². The maximum atomic E-state index is 13.1. The van der Waals surface area contributed by atoms with Gasteiger partial charge in [0.05, 0.1) is 0 Å². The average molecular weight is 383 g/mol. The van der Waals surface area contributed by atoms with Gasteiger partial charge >= 0.3 is 0 Å². The summed E-state index contributed by atoms with van der Waals surface area (Å²) in [4.78, 5) is 14.0. The minimum atomic E-state index is -0.406. The number of nitrogens with two attached hydrogens (primary N) is 1. The van der Waals surface area contributed by atoms with Crippen LogP contribution in [0.15, 0.2) is 77.7 Å². The van der Waals surface area contributed by atoms with Crippen LogP contribution in [0.3, 0.4) is 0 Å². The molecule has 132 valence electrons. The van der Waals surface area contributed by atoms with Crippen LogP contribution in [0.4, 0.5) is 11.4 Å². The molecule has 3 N–H and O–H groups in total. The molecule has 0 bridgehead atoms. The molecule has 0 aromatic heterocycles. The fourth-order valence-electron chi connectivity index (χ4n) is 2.57. The standard InChI is InChI=1S/C21H19ClN2OS/c1-14-18(22)11-6-12-19(14)24-21(25)20(15-7-3-2-4-8-15)26-17-10-5-9-16(23)13-17/h2-13,20H,23H2,1H3,(H,24,25). The largest absolute Gasteiger partial charge is 0.399 e. The van der Waals surface area contributed by atoms with E-state index < -0.39 is 5.25 Å². The van der Waals surface area contributed by atoms with Crippen molar-refractivity contribution in [3.05, 3.63) is 88.9 Å². The lowest BCUT2D eigenvalue weighted by Crippen LogP contribution is -2.19. The lowest BCUT2D eigenvalue weighted by molar-refractivity contribution is -0.115. The number of hydrogen-bond acceptors (Lipinski definition) is 3. The predicted molar refractivity (Wildman–Crippen MR) is 111 cm³/mol. The highest BCUT2D eigenvalue weighted by molar-refractivity contribution is 8.00. The third-order valence-electron chi connectivity index (χ3n) is 3.98. The molecule has 0 aliphatic rings. The quantitative estimate of drug-likeness (QED) is 0.439. The van der Waals surface area contributed by atoms with E-state index in [2.05, 4.69) is 5.32 Å². The molecule has 1 amide bonds. The summed E-state index contributed by atoms with van der Waals surface area (Å²) in [5.74, 6) is -0.103. The predicted octanol–water partition coefficient (Wildman–Crippen LogP) is 5.70. The number of carbonyl (C=O) groups is 1. The van der Waals surface area contributed by atoms with Crippen molar-refractivity contribution in [2.24, 2.45) is 0 Å². The molecule has 0 aliphatic carbocycles. The van der Waals surface area contributed by atoms with Crippen LogP contribution in [0, 0.1) is 6.92 Å². The molecule has 1 unspecified atom stereocenters. The Labute approximate surface area is 162 Å². The zero-order chi connectivity index (χ0) is 18.5. The van der Waals surface area contributed by atoms with Gasteiger partial charge in [0.1, 0.15) is 5.25 Å². The number of halogens is 1. The summed E-state index contributed by atoms with van der Waals surface area (Å²) in [6.45, 7) is 1.89. The minimum absolute atomic E-state index is 0.103. The topological polar surface area (TPSA) is 55.1 Å². The average Bonchev–Trinajstić information content (AvgIpc) is 2.64. The van der Waals surface area contributed by atoms with Crippen molar-refractivity contribution in [3.8, 4) is 0 Å². The summed E-state index contributed by atoms with van der Waals surface area (Å²) in [5, 5.41) is 3.23. The molecule has 0 aliphatic heterocycles. The molecular formula is C21H19ClN2OS. The van der Waals surface area contributed by atoms with Crippen LogP contribution >= 0.6 is 23.4 Å². The molecule has 0 saturated carbocycles. The van der Waals surface area contributed by atoms with E-state index in [1.165, 1.54) is 11.8 Å². The van der Waals surface area contributed by atoms with Gasteiger partial charge < -0.3 is 11.1 Å². The van der Waals surface area contributed by atoms with E-state index >= 15 is 0 Å². The Kier molecular flexibility index (Phi) is 5.86. The van der Waals surface area contributed by atoms with Crippen LogP contribution in [0.1, 0.15) is 16.4 Å². The Bertz CT molecular complexity index is 915. The molecule has 0 spiro atoms. The van der Waals surface area contributed by atoms with Crippen LogP contribution in [0.25, 0.3) is 0 Å². The number of thioether (sulfide) groups is 1. The van der Waals surface area contributed by atoms with Crippen molar-refractivity contribution in [1.29, 1.82) is 0 Å². The molecule has 0 heterocycles. The SMILES string of the molecule is Cc1c(Cl)cccc1NC(=O)C(Sc1cccc(N)c1)c1ccccc1. The second kappa shape index (κ2) is 8.30. The zero-order valence-corrected chi connectivity index (χ0v) is 15.8. The van der Waals surface area contributed by atoms with E-state index in [4.69, 9.17) is 17.3 Å². The van der Waals surface area contributed by atoms with Gasteiger partial charge in [-0.1, -0.05) is 54.1 Å². The van der Waals surface area contributed by atoms with Gasteiger partial charge in [-0.05, 0) is 48.4 Å². The van der Waals surface area contributed by atoms with E-state index in [-0.39, 0.29) is 5.91 Å². The first-order valence-electron chi connectivity index (χ1n) is 8.18. The van der Waals surface area contributed by atoms with Gasteiger partial charge in [-0.2, -0.15) is 0 Å². The van der Waals surface area contributed by atoms with Crippen molar-refractivity contribution in [2.75, 3.05) is 11.1 Å². The number of rotatable bonds is 5. The Morgan fingerprint density at radius 1 is 1.04 bits per heavy atom. The van der Waals surface area contributed by atoms with Gasteiger partial charge in [-0.25, -0.2) is 0 Å². The molecule has 0 saturated heterocycles. The van der Waals surface area contributed by atoms with E-state index in [0.717, 1.165) is 21.7 Å². The first-order valence-corrected chi connectivity index (χ1v) is 9.43. The van der Waals surface area contributed by atoms with Gasteiger partial charge in [-0.15, -0.1) is 11.8 Å². The highest BCUT2D eigenvalue weighted by Crippen LogP contribution is 2.37. The number of benzene rings is 3. The Hall–Kier alpha value is -2.43. The molecule has 0 radical (unpaired) electrons. The fraction of sp³-hybridized carbons (Fsp3) is 0.0952. The Morgan fingerprint density at radius 3 is 2.50 bits per heavy atom. The van der Waals surface area contributed by atoms with Crippen LogP contribution in [-0.4, -0.2) is 5.91 Å². The number of anilines is 2. The summed E-state index contributed by atoms with van der Waals surface area (Å²) in [6, 6.07) is 22.7. The second-order valence-electron chi connectivity index (χ2n) is 5.88. The smallest absolute Gasteiger partial charge is 0.242 e. The molecule has 3 nitrogen and oxygen atoms in total. The molecular weight excluding hydrogens is 364 g/mol. The molecule has 1 atom stereocenters. The molecule has 3 rings (SSSR count). The van der Waals surface area contributed by atoms with Crippen molar-refractivity contribution >= 4 is 40.6 Å². The van der Waals surface area contributed by atoms with Gasteiger partial charge in [0.2, 0.25) is 5.91 Å². The van der Waals surface area contributed by atoms with Crippen molar-refractivity contribution in [1.82, 2.24) is 0 Å². The van der Waals surface area contributed by atoms with E-state index in [1.54, 1.807) is 0 Å². The summed E-state index contributed by atoms with van der Waals surface area (Å²) in [7, 11) is 0. The summed E-state index contributed by atoms with van der Waals surface area (Å²) < 4.78 is 0. The van der Waals surface area contributed by atoms with E-state index in [9.17, 15) is 4.79 Å². The highest BCUT2D eigenvalue weighted by Gasteiger charge is 2.23. The zero-order valence-electron chi connectivity index (χ0n) is 14.3. The number of hydrogen-bond donors (Lipinski definition) is 2. The summed E-state index contributed by atoms with van der Waals surface area (Å²) in [5.41, 5.74) is 9.05. The van der Waals surface area contributed by atoms with Crippen molar-refractivity contribution in [3.63, 3.8) is 0 Å². The number of nitrogen functional groups attached to an aromatic ring is 1. The van der Waals surface area contributed by atoms with Crippen molar-refractivity contribution < 1.29 is 4.79 Å². The van der Waals surface area contributed by atoms with Gasteiger partial charge in [0, 0.05) is 21.3 Å². The third-order valence-corrected chi connectivity index (χ3v) is 5.64. The Balaban J connectivity index is 1.90. The Morgan fingerprint density at radius 2 is 1.77 bits per heavy atom. The van der Waals surface area contributed by atoms with Crippen LogP contribution in [0.2, 0.25) is 5.02 Å². The lowest BCUT2D eigenvalue weighted by atomic mass is 10.1.